The lowest BCUT2D eigenvalue weighted by Gasteiger charge is -2.20. The average Bonchev–Trinajstić information content (AvgIpc) is 3.36. The standard InChI is InChI=1S/C24H27N3O4/c1-4-22(28)26-10-9-16-12-18(6-7-20(16)26)27-14-17(13-23(27)29)24(30)25-19-11-15(2)5-8-21(19)31-3/h5-8,11-12,17H,4,9-10,13-14H2,1-3H3,(H,25,30)/t17-/m0/s1. The minimum Gasteiger partial charge on any atom is -0.495 e. The fourth-order valence-corrected chi connectivity index (χ4v) is 4.29. The van der Waals surface area contributed by atoms with Crippen LogP contribution < -0.4 is 19.9 Å². The highest BCUT2D eigenvalue weighted by Crippen LogP contribution is 2.35. The van der Waals surface area contributed by atoms with Crippen LogP contribution in [0.25, 0.3) is 0 Å². The monoisotopic (exact) mass is 421 g/mol. The minimum atomic E-state index is -0.441. The highest BCUT2D eigenvalue weighted by molar-refractivity contribution is 6.04. The molecule has 1 saturated heterocycles. The molecule has 1 fully saturated rings. The summed E-state index contributed by atoms with van der Waals surface area (Å²) in [7, 11) is 1.56. The second kappa shape index (κ2) is 8.41. The van der Waals surface area contributed by atoms with E-state index in [0.29, 0.717) is 30.9 Å². The van der Waals surface area contributed by atoms with Crippen molar-refractivity contribution in [3.05, 3.63) is 47.5 Å². The van der Waals surface area contributed by atoms with Crippen molar-refractivity contribution in [3.8, 4) is 5.75 Å². The van der Waals surface area contributed by atoms with Gasteiger partial charge in [-0.25, -0.2) is 0 Å². The summed E-state index contributed by atoms with van der Waals surface area (Å²) in [5.74, 6) is -0.0162. The molecule has 2 aliphatic heterocycles. The van der Waals surface area contributed by atoms with Gasteiger partial charge in [-0.15, -0.1) is 0 Å². The number of carbonyl (C=O) groups is 3. The van der Waals surface area contributed by atoms with E-state index >= 15 is 0 Å². The summed E-state index contributed by atoms with van der Waals surface area (Å²) in [6, 6.07) is 11.3. The molecule has 7 heteroatoms. The summed E-state index contributed by atoms with van der Waals surface area (Å²) in [6.07, 6.45) is 1.40. The van der Waals surface area contributed by atoms with Gasteiger partial charge in [-0.05, 0) is 54.8 Å². The van der Waals surface area contributed by atoms with E-state index in [1.807, 2.05) is 50.2 Å². The van der Waals surface area contributed by atoms with Crippen LogP contribution in [0.5, 0.6) is 5.75 Å². The molecular weight excluding hydrogens is 394 g/mol. The van der Waals surface area contributed by atoms with Crippen molar-refractivity contribution < 1.29 is 19.1 Å². The number of anilines is 3. The molecule has 2 aromatic carbocycles. The van der Waals surface area contributed by atoms with Crippen LogP contribution in [0, 0.1) is 12.8 Å². The van der Waals surface area contributed by atoms with E-state index in [0.717, 1.165) is 28.9 Å². The summed E-state index contributed by atoms with van der Waals surface area (Å²) in [6.45, 7) is 4.80. The zero-order valence-corrected chi connectivity index (χ0v) is 18.1. The number of fused-ring (bicyclic) bond motifs is 1. The Labute approximate surface area is 182 Å². The van der Waals surface area contributed by atoms with Gasteiger partial charge in [-0.2, -0.15) is 0 Å². The summed E-state index contributed by atoms with van der Waals surface area (Å²) in [5.41, 5.74) is 4.37. The van der Waals surface area contributed by atoms with Crippen molar-refractivity contribution in [2.24, 2.45) is 5.92 Å². The number of nitrogens with one attached hydrogen (secondary N) is 1. The Morgan fingerprint density at radius 2 is 2.00 bits per heavy atom. The van der Waals surface area contributed by atoms with Crippen LogP contribution in [0.2, 0.25) is 0 Å². The molecular formula is C24H27N3O4. The Kier molecular flexibility index (Phi) is 5.67. The molecule has 7 nitrogen and oxygen atoms in total. The Bertz CT molecular complexity index is 1050. The minimum absolute atomic E-state index is 0.0733. The van der Waals surface area contributed by atoms with E-state index in [1.165, 1.54) is 0 Å². The van der Waals surface area contributed by atoms with Crippen molar-refractivity contribution in [1.82, 2.24) is 0 Å². The third kappa shape index (κ3) is 4.00. The normalized spacial score (nSPS) is 17.6. The fraction of sp³-hybridized carbons (Fsp3) is 0.375. The van der Waals surface area contributed by atoms with Gasteiger partial charge < -0.3 is 19.9 Å². The highest BCUT2D eigenvalue weighted by atomic mass is 16.5. The molecule has 0 spiro atoms. The lowest BCUT2D eigenvalue weighted by atomic mass is 10.1. The maximum Gasteiger partial charge on any atom is 0.229 e. The Balaban J connectivity index is 1.48. The van der Waals surface area contributed by atoms with Crippen molar-refractivity contribution in [1.29, 1.82) is 0 Å². The van der Waals surface area contributed by atoms with Gasteiger partial charge in [0.15, 0.2) is 0 Å². The summed E-state index contributed by atoms with van der Waals surface area (Å²) >= 11 is 0. The third-order valence-corrected chi connectivity index (χ3v) is 5.98. The molecule has 1 N–H and O–H groups in total. The molecule has 0 radical (unpaired) electrons. The van der Waals surface area contributed by atoms with Crippen molar-refractivity contribution in [3.63, 3.8) is 0 Å². The van der Waals surface area contributed by atoms with Gasteiger partial charge in [0.05, 0.1) is 18.7 Å². The Morgan fingerprint density at radius 1 is 1.19 bits per heavy atom. The summed E-state index contributed by atoms with van der Waals surface area (Å²) < 4.78 is 5.33. The lowest BCUT2D eigenvalue weighted by Crippen LogP contribution is -2.28. The third-order valence-electron chi connectivity index (χ3n) is 5.98. The van der Waals surface area contributed by atoms with Crippen LogP contribution in [0.1, 0.15) is 30.9 Å². The molecule has 4 rings (SSSR count). The SMILES string of the molecule is CCC(=O)N1CCc2cc(N3C[C@@H](C(=O)Nc4cc(C)ccc4OC)CC3=O)ccc21. The van der Waals surface area contributed by atoms with Gasteiger partial charge in [-0.1, -0.05) is 13.0 Å². The molecule has 2 aliphatic rings. The molecule has 31 heavy (non-hydrogen) atoms. The number of amides is 3. The van der Waals surface area contributed by atoms with Gasteiger partial charge in [0.1, 0.15) is 5.75 Å². The Morgan fingerprint density at radius 3 is 2.74 bits per heavy atom. The molecule has 2 aromatic rings. The number of ether oxygens (including phenoxy) is 1. The highest BCUT2D eigenvalue weighted by Gasteiger charge is 2.36. The van der Waals surface area contributed by atoms with E-state index < -0.39 is 5.92 Å². The van der Waals surface area contributed by atoms with Gasteiger partial charge >= 0.3 is 0 Å². The number of carbonyl (C=O) groups excluding carboxylic acids is 3. The fourth-order valence-electron chi connectivity index (χ4n) is 4.29. The molecule has 0 aliphatic carbocycles. The quantitative estimate of drug-likeness (QED) is 0.804. The van der Waals surface area contributed by atoms with E-state index in [1.54, 1.807) is 16.9 Å². The zero-order chi connectivity index (χ0) is 22.1. The topological polar surface area (TPSA) is 79.0 Å². The maximum atomic E-state index is 12.9. The maximum absolute atomic E-state index is 12.9. The zero-order valence-electron chi connectivity index (χ0n) is 18.1. The molecule has 0 bridgehead atoms. The molecule has 162 valence electrons. The van der Waals surface area contributed by atoms with E-state index in [9.17, 15) is 14.4 Å². The van der Waals surface area contributed by atoms with Crippen LogP contribution in [0.3, 0.4) is 0 Å². The van der Waals surface area contributed by atoms with E-state index in [2.05, 4.69) is 5.32 Å². The van der Waals surface area contributed by atoms with Gasteiger partial charge in [0.25, 0.3) is 0 Å². The predicted octanol–water partition coefficient (Wildman–Crippen LogP) is 3.29. The van der Waals surface area contributed by atoms with Crippen molar-refractivity contribution >= 4 is 34.8 Å². The molecule has 2 heterocycles. The largest absolute Gasteiger partial charge is 0.495 e. The molecule has 3 amide bonds. The van der Waals surface area contributed by atoms with E-state index in [4.69, 9.17) is 4.74 Å². The number of hydrogen-bond acceptors (Lipinski definition) is 4. The van der Waals surface area contributed by atoms with Crippen LogP contribution in [0.4, 0.5) is 17.1 Å². The van der Waals surface area contributed by atoms with Gasteiger partial charge in [0.2, 0.25) is 17.7 Å². The number of aryl methyl sites for hydroxylation is 1. The summed E-state index contributed by atoms with van der Waals surface area (Å²) in [5, 5.41) is 2.92. The smallest absolute Gasteiger partial charge is 0.229 e. The number of benzene rings is 2. The van der Waals surface area contributed by atoms with Crippen LogP contribution in [0.15, 0.2) is 36.4 Å². The Hall–Kier alpha value is -3.35. The van der Waals surface area contributed by atoms with Crippen molar-refractivity contribution in [2.45, 2.75) is 33.1 Å². The van der Waals surface area contributed by atoms with E-state index in [-0.39, 0.29) is 24.1 Å². The second-order valence-corrected chi connectivity index (χ2v) is 8.06. The number of rotatable bonds is 5. The van der Waals surface area contributed by atoms with Gasteiger partial charge in [0, 0.05) is 37.3 Å². The molecule has 1 atom stereocenters. The first kappa shape index (κ1) is 20.9. The number of hydrogen-bond donors (Lipinski definition) is 1. The average molecular weight is 421 g/mol. The molecule has 0 saturated carbocycles. The first-order valence-electron chi connectivity index (χ1n) is 10.6. The van der Waals surface area contributed by atoms with Crippen LogP contribution >= 0.6 is 0 Å². The second-order valence-electron chi connectivity index (χ2n) is 8.06. The predicted molar refractivity (Wildman–Crippen MR) is 120 cm³/mol. The first-order valence-corrected chi connectivity index (χ1v) is 10.6. The van der Waals surface area contributed by atoms with Gasteiger partial charge in [-0.3, -0.25) is 14.4 Å². The van der Waals surface area contributed by atoms with Crippen LogP contribution in [-0.2, 0) is 20.8 Å². The lowest BCUT2D eigenvalue weighted by molar-refractivity contribution is -0.122. The summed E-state index contributed by atoms with van der Waals surface area (Å²) in [4.78, 5) is 41.1. The molecule has 0 unspecified atom stereocenters. The first-order chi connectivity index (χ1) is 14.9. The number of nitrogens with zero attached hydrogens (tertiary/aromatic N) is 2. The van der Waals surface area contributed by atoms with Crippen LogP contribution in [-0.4, -0.2) is 37.9 Å². The molecule has 0 aromatic heterocycles. The number of methoxy groups -OCH3 is 1. The van der Waals surface area contributed by atoms with Crippen molar-refractivity contribution in [2.75, 3.05) is 35.3 Å².